The summed E-state index contributed by atoms with van der Waals surface area (Å²) in [5.74, 6) is 0.579. The van der Waals surface area contributed by atoms with E-state index in [0.717, 1.165) is 25.7 Å². The highest BCUT2D eigenvalue weighted by Gasteiger charge is 2.37. The molecule has 1 rings (SSSR count). The summed E-state index contributed by atoms with van der Waals surface area (Å²) in [6.45, 7) is 7.09. The third kappa shape index (κ3) is 3.00. The number of rotatable bonds is 4. The van der Waals surface area contributed by atoms with Crippen LogP contribution in [-0.2, 0) is 0 Å². The van der Waals surface area contributed by atoms with Crippen LogP contribution >= 0.6 is 0 Å². The molecule has 1 fully saturated rings. The van der Waals surface area contributed by atoms with Gasteiger partial charge in [0.25, 0.3) is 0 Å². The molecule has 0 aromatic rings. The van der Waals surface area contributed by atoms with Crippen LogP contribution in [0.4, 0.5) is 0 Å². The van der Waals surface area contributed by atoms with E-state index in [0.29, 0.717) is 12.5 Å². The lowest BCUT2D eigenvalue weighted by molar-refractivity contribution is 0.0475. The van der Waals surface area contributed by atoms with Crippen LogP contribution in [0.3, 0.4) is 0 Å². The fraction of sp³-hybridized carbons (Fsp3) is 1.00. The average molecular weight is 213 g/mol. The molecule has 0 radical (unpaired) electrons. The molecule has 0 saturated heterocycles. The third-order valence-corrected chi connectivity index (χ3v) is 4.15. The van der Waals surface area contributed by atoms with Crippen molar-refractivity contribution in [2.45, 2.75) is 46.5 Å². The van der Waals surface area contributed by atoms with Gasteiger partial charge in [-0.05, 0) is 42.4 Å². The molecule has 15 heavy (non-hydrogen) atoms. The molecule has 0 unspecified atom stereocenters. The van der Waals surface area contributed by atoms with Gasteiger partial charge in [-0.1, -0.05) is 25.9 Å². The molecule has 1 saturated carbocycles. The maximum absolute atomic E-state index is 10.4. The van der Waals surface area contributed by atoms with Crippen molar-refractivity contribution >= 4 is 0 Å². The van der Waals surface area contributed by atoms with Crippen LogP contribution in [0.2, 0.25) is 0 Å². The summed E-state index contributed by atoms with van der Waals surface area (Å²) in [6.07, 6.45) is 4.35. The lowest BCUT2D eigenvalue weighted by Gasteiger charge is -2.42. The molecule has 0 aromatic carbocycles. The summed E-state index contributed by atoms with van der Waals surface area (Å²) in [6, 6.07) is 0. The number of aliphatic hydroxyl groups is 1. The predicted octanol–water partition coefficient (Wildman–Crippen LogP) is 2.97. The number of nitroso groups, excluding NO2 is 1. The summed E-state index contributed by atoms with van der Waals surface area (Å²) in [5.41, 5.74) is 0.139. The van der Waals surface area contributed by atoms with Gasteiger partial charge in [0, 0.05) is 6.61 Å². The molecule has 0 amide bonds. The van der Waals surface area contributed by atoms with Gasteiger partial charge in [-0.3, -0.25) is 0 Å². The van der Waals surface area contributed by atoms with Gasteiger partial charge in [-0.15, -0.1) is 0 Å². The molecule has 88 valence electrons. The van der Waals surface area contributed by atoms with Crippen LogP contribution in [-0.4, -0.2) is 18.3 Å². The summed E-state index contributed by atoms with van der Waals surface area (Å²) in [5, 5.41) is 12.3. The Labute approximate surface area is 92.2 Å². The number of nitrogens with zero attached hydrogens (tertiary/aromatic N) is 1. The molecular formula is C12H23NO2. The molecule has 0 aromatic heterocycles. The topological polar surface area (TPSA) is 49.7 Å². The van der Waals surface area contributed by atoms with Crippen molar-refractivity contribution < 1.29 is 5.11 Å². The highest BCUT2D eigenvalue weighted by atomic mass is 16.3. The molecule has 0 heterocycles. The van der Waals surface area contributed by atoms with Crippen LogP contribution in [0.15, 0.2) is 5.18 Å². The van der Waals surface area contributed by atoms with Gasteiger partial charge in [0.2, 0.25) is 0 Å². The fourth-order valence-corrected chi connectivity index (χ4v) is 2.55. The minimum absolute atomic E-state index is 0.0263. The van der Waals surface area contributed by atoms with Crippen molar-refractivity contribution in [3.05, 3.63) is 4.91 Å². The Balaban J connectivity index is 2.53. The van der Waals surface area contributed by atoms with Gasteiger partial charge in [0.15, 0.2) is 0 Å². The van der Waals surface area contributed by atoms with Crippen molar-refractivity contribution in [1.29, 1.82) is 0 Å². The van der Waals surface area contributed by atoms with E-state index >= 15 is 0 Å². The zero-order chi connectivity index (χ0) is 11.5. The van der Waals surface area contributed by atoms with E-state index in [1.54, 1.807) is 0 Å². The standard InChI is InChI=1S/C12H23NO2/c1-11(2,8-13-15)10-4-6-12(3,9-14)7-5-10/h10,14H,4-9H2,1-3H3. The zero-order valence-corrected chi connectivity index (χ0v) is 10.1. The molecule has 1 N–H and O–H groups in total. The third-order valence-electron chi connectivity index (χ3n) is 4.15. The second-order valence-electron chi connectivity index (χ2n) is 6.02. The van der Waals surface area contributed by atoms with E-state index in [4.69, 9.17) is 0 Å². The Morgan fingerprint density at radius 3 is 2.33 bits per heavy atom. The van der Waals surface area contributed by atoms with Crippen LogP contribution in [0, 0.1) is 21.7 Å². The molecule has 0 aliphatic heterocycles. The molecule has 0 bridgehead atoms. The molecule has 1 aliphatic rings. The maximum Gasteiger partial charge on any atom is 0.0864 e. The summed E-state index contributed by atoms with van der Waals surface area (Å²) < 4.78 is 0. The second-order valence-corrected chi connectivity index (χ2v) is 6.02. The number of hydrogen-bond donors (Lipinski definition) is 1. The van der Waals surface area contributed by atoms with E-state index in [2.05, 4.69) is 25.9 Å². The molecule has 3 nitrogen and oxygen atoms in total. The van der Waals surface area contributed by atoms with Crippen molar-refractivity contribution in [3.8, 4) is 0 Å². The first kappa shape index (κ1) is 12.6. The van der Waals surface area contributed by atoms with Gasteiger partial charge >= 0.3 is 0 Å². The van der Waals surface area contributed by atoms with Crippen LogP contribution in [0.25, 0.3) is 0 Å². The number of hydrogen-bond acceptors (Lipinski definition) is 3. The lowest BCUT2D eigenvalue weighted by atomic mass is 9.64. The molecular weight excluding hydrogens is 190 g/mol. The maximum atomic E-state index is 10.4. The summed E-state index contributed by atoms with van der Waals surface area (Å²) in [7, 11) is 0. The molecule has 0 spiro atoms. The van der Waals surface area contributed by atoms with E-state index in [-0.39, 0.29) is 17.4 Å². The summed E-state index contributed by atoms with van der Waals surface area (Å²) in [4.78, 5) is 10.4. The minimum Gasteiger partial charge on any atom is -0.396 e. The van der Waals surface area contributed by atoms with E-state index in [1.807, 2.05) is 0 Å². The van der Waals surface area contributed by atoms with Crippen molar-refractivity contribution in [3.63, 3.8) is 0 Å². The SMILES string of the molecule is CC1(CO)CCC(C(C)(C)CN=O)CC1. The first-order chi connectivity index (χ1) is 6.93. The largest absolute Gasteiger partial charge is 0.396 e. The first-order valence-corrected chi connectivity index (χ1v) is 5.83. The molecule has 1 aliphatic carbocycles. The van der Waals surface area contributed by atoms with Crippen LogP contribution in [0.5, 0.6) is 0 Å². The molecule has 0 atom stereocenters. The number of aliphatic hydroxyl groups excluding tert-OH is 1. The fourth-order valence-electron chi connectivity index (χ4n) is 2.55. The average Bonchev–Trinajstić information content (AvgIpc) is 2.18. The van der Waals surface area contributed by atoms with E-state index in [1.165, 1.54) is 0 Å². The van der Waals surface area contributed by atoms with Gasteiger partial charge in [0.05, 0.1) is 6.54 Å². The highest BCUT2D eigenvalue weighted by Crippen LogP contribution is 2.45. The van der Waals surface area contributed by atoms with Gasteiger partial charge in [-0.2, -0.15) is 4.91 Å². The van der Waals surface area contributed by atoms with Gasteiger partial charge < -0.3 is 5.11 Å². The smallest absolute Gasteiger partial charge is 0.0864 e. The zero-order valence-electron chi connectivity index (χ0n) is 10.1. The van der Waals surface area contributed by atoms with E-state index in [9.17, 15) is 10.0 Å². The Bertz CT molecular complexity index is 218. The van der Waals surface area contributed by atoms with Crippen molar-refractivity contribution in [2.24, 2.45) is 21.9 Å². The lowest BCUT2D eigenvalue weighted by Crippen LogP contribution is -2.35. The predicted molar refractivity (Wildman–Crippen MR) is 61.6 cm³/mol. The Kier molecular flexibility index (Phi) is 3.87. The van der Waals surface area contributed by atoms with Gasteiger partial charge in [-0.25, -0.2) is 0 Å². The summed E-state index contributed by atoms with van der Waals surface area (Å²) >= 11 is 0. The van der Waals surface area contributed by atoms with E-state index < -0.39 is 0 Å². The Hall–Kier alpha value is -0.440. The molecule has 3 heteroatoms. The quantitative estimate of drug-likeness (QED) is 0.730. The first-order valence-electron chi connectivity index (χ1n) is 5.83. The minimum atomic E-state index is 0.0263. The van der Waals surface area contributed by atoms with Gasteiger partial charge in [0.1, 0.15) is 0 Å². The van der Waals surface area contributed by atoms with Crippen LogP contribution < -0.4 is 0 Å². The van der Waals surface area contributed by atoms with Crippen LogP contribution in [0.1, 0.15) is 46.5 Å². The highest BCUT2D eigenvalue weighted by molar-refractivity contribution is 4.88. The van der Waals surface area contributed by atoms with Crippen molar-refractivity contribution in [2.75, 3.05) is 13.2 Å². The second kappa shape index (κ2) is 4.60. The van der Waals surface area contributed by atoms with Crippen molar-refractivity contribution in [1.82, 2.24) is 0 Å². The normalized spacial score (nSPS) is 32.7. The monoisotopic (exact) mass is 213 g/mol. The Morgan fingerprint density at radius 1 is 1.40 bits per heavy atom. The Morgan fingerprint density at radius 2 is 1.93 bits per heavy atom.